The van der Waals surface area contributed by atoms with Crippen molar-refractivity contribution in [2.75, 3.05) is 46.4 Å². The fourth-order valence-electron chi connectivity index (χ4n) is 2.87. The lowest BCUT2D eigenvalue weighted by atomic mass is 10.0. The van der Waals surface area contributed by atoms with E-state index in [9.17, 15) is 4.79 Å². The van der Waals surface area contributed by atoms with E-state index in [0.717, 1.165) is 37.5 Å². The second-order valence-electron chi connectivity index (χ2n) is 5.64. The van der Waals surface area contributed by atoms with Crippen LogP contribution in [0.2, 0.25) is 0 Å². The third kappa shape index (κ3) is 3.24. The molecule has 2 fully saturated rings. The van der Waals surface area contributed by atoms with Gasteiger partial charge in [0.15, 0.2) is 0 Å². The number of hydrogen-bond acceptors (Lipinski definition) is 5. The van der Waals surface area contributed by atoms with Gasteiger partial charge < -0.3 is 25.0 Å². The van der Waals surface area contributed by atoms with Crippen LogP contribution >= 0.6 is 0 Å². The number of benzene rings is 1. The van der Waals surface area contributed by atoms with Crippen molar-refractivity contribution in [1.82, 2.24) is 15.5 Å². The van der Waals surface area contributed by atoms with Gasteiger partial charge in [0.2, 0.25) is 5.91 Å². The monoisotopic (exact) mass is 305 g/mol. The summed E-state index contributed by atoms with van der Waals surface area (Å²) in [6, 6.07) is 7.86. The Morgan fingerprint density at radius 2 is 2.09 bits per heavy atom. The minimum atomic E-state index is -0.0134. The maximum absolute atomic E-state index is 12.5. The third-order valence-electron chi connectivity index (χ3n) is 4.25. The lowest BCUT2D eigenvalue weighted by Gasteiger charge is -2.37. The number of carbonyl (C=O) groups excluding carboxylic acids is 1. The quantitative estimate of drug-likeness (QED) is 0.811. The van der Waals surface area contributed by atoms with Crippen molar-refractivity contribution >= 4 is 5.91 Å². The summed E-state index contributed by atoms with van der Waals surface area (Å²) in [4.78, 5) is 14.4. The summed E-state index contributed by atoms with van der Waals surface area (Å²) in [5.74, 6) is 0.863. The van der Waals surface area contributed by atoms with Crippen LogP contribution in [-0.2, 0) is 9.53 Å². The zero-order chi connectivity index (χ0) is 15.4. The van der Waals surface area contributed by atoms with Gasteiger partial charge in [-0.1, -0.05) is 18.2 Å². The zero-order valence-corrected chi connectivity index (χ0v) is 12.9. The maximum atomic E-state index is 12.5. The molecule has 120 valence electrons. The normalized spacial score (nSPS) is 22.2. The molecular formula is C16H23N3O3. The van der Waals surface area contributed by atoms with Crippen LogP contribution in [0.15, 0.2) is 24.3 Å². The molecule has 2 saturated heterocycles. The van der Waals surface area contributed by atoms with Gasteiger partial charge in [-0.2, -0.15) is 0 Å². The molecule has 0 radical (unpaired) electrons. The van der Waals surface area contributed by atoms with E-state index in [-0.39, 0.29) is 24.7 Å². The van der Waals surface area contributed by atoms with E-state index in [2.05, 4.69) is 10.6 Å². The summed E-state index contributed by atoms with van der Waals surface area (Å²) in [5.41, 5.74) is 1.04. The molecule has 2 N–H and O–H groups in total. The Kier molecular flexibility index (Phi) is 4.92. The van der Waals surface area contributed by atoms with Crippen LogP contribution in [0.5, 0.6) is 5.75 Å². The molecule has 1 aromatic carbocycles. The molecule has 2 aliphatic heterocycles. The van der Waals surface area contributed by atoms with Crippen molar-refractivity contribution < 1.29 is 14.3 Å². The number of para-hydroxylation sites is 1. The molecule has 0 saturated carbocycles. The SMILES string of the molecule is COc1ccccc1C1CNCCN1C(=O)COC1CNC1. The number of nitrogens with one attached hydrogen (secondary N) is 2. The van der Waals surface area contributed by atoms with Gasteiger partial charge in [0.1, 0.15) is 12.4 Å². The van der Waals surface area contributed by atoms with Crippen molar-refractivity contribution in [3.05, 3.63) is 29.8 Å². The fourth-order valence-corrected chi connectivity index (χ4v) is 2.87. The average Bonchev–Trinajstić information content (AvgIpc) is 2.53. The first-order valence-electron chi connectivity index (χ1n) is 7.75. The van der Waals surface area contributed by atoms with Gasteiger partial charge in [-0.15, -0.1) is 0 Å². The topological polar surface area (TPSA) is 62.8 Å². The summed E-state index contributed by atoms with van der Waals surface area (Å²) in [7, 11) is 1.66. The van der Waals surface area contributed by atoms with Crippen molar-refractivity contribution in [2.24, 2.45) is 0 Å². The number of amides is 1. The lowest BCUT2D eigenvalue weighted by molar-refractivity contribution is -0.142. The van der Waals surface area contributed by atoms with Crippen LogP contribution in [0.1, 0.15) is 11.6 Å². The smallest absolute Gasteiger partial charge is 0.249 e. The second kappa shape index (κ2) is 7.09. The van der Waals surface area contributed by atoms with Crippen molar-refractivity contribution in [2.45, 2.75) is 12.1 Å². The summed E-state index contributed by atoms with van der Waals surface area (Å²) in [5, 5.41) is 6.49. The van der Waals surface area contributed by atoms with Gasteiger partial charge in [0.05, 0.1) is 19.3 Å². The van der Waals surface area contributed by atoms with Crippen LogP contribution in [0.4, 0.5) is 0 Å². The Morgan fingerprint density at radius 3 is 2.82 bits per heavy atom. The lowest BCUT2D eigenvalue weighted by Crippen LogP contribution is -2.52. The highest BCUT2D eigenvalue weighted by Gasteiger charge is 2.30. The van der Waals surface area contributed by atoms with Crippen LogP contribution in [0.3, 0.4) is 0 Å². The molecule has 0 aliphatic carbocycles. The molecule has 1 unspecified atom stereocenters. The van der Waals surface area contributed by atoms with E-state index in [0.29, 0.717) is 6.54 Å². The van der Waals surface area contributed by atoms with Crippen LogP contribution < -0.4 is 15.4 Å². The van der Waals surface area contributed by atoms with E-state index >= 15 is 0 Å². The van der Waals surface area contributed by atoms with E-state index in [1.54, 1.807) is 7.11 Å². The molecule has 6 heteroatoms. The van der Waals surface area contributed by atoms with Gasteiger partial charge in [-0.3, -0.25) is 4.79 Å². The molecule has 6 nitrogen and oxygen atoms in total. The predicted molar refractivity (Wildman–Crippen MR) is 82.9 cm³/mol. The van der Waals surface area contributed by atoms with E-state index in [4.69, 9.17) is 9.47 Å². The molecule has 2 aliphatic rings. The zero-order valence-electron chi connectivity index (χ0n) is 12.9. The molecule has 1 amide bonds. The highest BCUT2D eigenvalue weighted by Crippen LogP contribution is 2.30. The van der Waals surface area contributed by atoms with Crippen molar-refractivity contribution in [3.8, 4) is 5.75 Å². The fraction of sp³-hybridized carbons (Fsp3) is 0.562. The number of hydrogen-bond donors (Lipinski definition) is 2. The van der Waals surface area contributed by atoms with E-state index in [1.165, 1.54) is 0 Å². The van der Waals surface area contributed by atoms with Crippen molar-refractivity contribution in [1.29, 1.82) is 0 Å². The maximum Gasteiger partial charge on any atom is 0.249 e. The van der Waals surface area contributed by atoms with Crippen LogP contribution in [-0.4, -0.2) is 63.4 Å². The molecule has 0 spiro atoms. The van der Waals surface area contributed by atoms with Gasteiger partial charge in [0.25, 0.3) is 0 Å². The summed E-state index contributed by atoms with van der Waals surface area (Å²) in [6.07, 6.45) is 0.177. The van der Waals surface area contributed by atoms with E-state index in [1.807, 2.05) is 29.2 Å². The number of piperazine rings is 1. The molecule has 0 aromatic heterocycles. The first-order valence-corrected chi connectivity index (χ1v) is 7.75. The number of nitrogens with zero attached hydrogens (tertiary/aromatic N) is 1. The molecular weight excluding hydrogens is 282 g/mol. The minimum Gasteiger partial charge on any atom is -0.496 e. The van der Waals surface area contributed by atoms with Gasteiger partial charge >= 0.3 is 0 Å². The number of carbonyl (C=O) groups is 1. The Balaban J connectivity index is 1.71. The largest absolute Gasteiger partial charge is 0.496 e. The van der Waals surface area contributed by atoms with Gasteiger partial charge in [-0.05, 0) is 6.07 Å². The van der Waals surface area contributed by atoms with Crippen LogP contribution in [0, 0.1) is 0 Å². The number of methoxy groups -OCH3 is 1. The summed E-state index contributed by atoms with van der Waals surface area (Å²) >= 11 is 0. The Hall–Kier alpha value is -1.63. The molecule has 2 heterocycles. The molecule has 1 atom stereocenters. The number of rotatable bonds is 5. The van der Waals surface area contributed by atoms with Gasteiger partial charge in [0, 0.05) is 38.3 Å². The van der Waals surface area contributed by atoms with Gasteiger partial charge in [-0.25, -0.2) is 0 Å². The predicted octanol–water partition coefficient (Wildman–Crippen LogP) is 0.157. The Bertz CT molecular complexity index is 519. The molecule has 0 bridgehead atoms. The Morgan fingerprint density at radius 1 is 1.27 bits per heavy atom. The highest BCUT2D eigenvalue weighted by molar-refractivity contribution is 5.78. The molecule has 22 heavy (non-hydrogen) atoms. The second-order valence-corrected chi connectivity index (χ2v) is 5.64. The highest BCUT2D eigenvalue weighted by atomic mass is 16.5. The standard InChI is InChI=1S/C16H23N3O3/c1-21-15-5-3-2-4-13(15)14-10-17-6-7-19(14)16(20)11-22-12-8-18-9-12/h2-5,12,14,17-18H,6-11H2,1H3. The molecule has 1 aromatic rings. The first-order chi connectivity index (χ1) is 10.8. The summed E-state index contributed by atoms with van der Waals surface area (Å²) < 4.78 is 11.1. The van der Waals surface area contributed by atoms with Crippen molar-refractivity contribution in [3.63, 3.8) is 0 Å². The molecule has 3 rings (SSSR count). The Labute approximate surface area is 130 Å². The average molecular weight is 305 g/mol. The minimum absolute atomic E-state index is 0.0134. The third-order valence-corrected chi connectivity index (χ3v) is 4.25. The van der Waals surface area contributed by atoms with E-state index < -0.39 is 0 Å². The summed E-state index contributed by atoms with van der Waals surface area (Å²) in [6.45, 7) is 4.06. The van der Waals surface area contributed by atoms with Crippen LogP contribution in [0.25, 0.3) is 0 Å². The number of ether oxygens (including phenoxy) is 2. The first kappa shape index (κ1) is 15.3.